The Balaban J connectivity index is 1.36. The highest BCUT2D eigenvalue weighted by atomic mass is 16.5. The van der Waals surface area contributed by atoms with E-state index in [0.717, 1.165) is 27.8 Å². The van der Waals surface area contributed by atoms with Crippen molar-refractivity contribution in [3.05, 3.63) is 53.6 Å². The SMILES string of the molecule is COc1ccc2c(c1)C(=O)c1c-2c(N2CCN(C(=O)CNCCNCCO)CC2)nc2ccccc12. The van der Waals surface area contributed by atoms with Gasteiger partial charge in [0.05, 0.1) is 25.8 Å². The smallest absolute Gasteiger partial charge is 0.236 e. The van der Waals surface area contributed by atoms with Gasteiger partial charge in [0.2, 0.25) is 5.91 Å². The van der Waals surface area contributed by atoms with E-state index in [4.69, 9.17) is 14.8 Å². The van der Waals surface area contributed by atoms with E-state index < -0.39 is 0 Å². The first-order chi connectivity index (χ1) is 17.6. The molecule has 1 aliphatic carbocycles. The Bertz CT molecular complexity index is 1290. The zero-order valence-corrected chi connectivity index (χ0v) is 20.4. The van der Waals surface area contributed by atoms with Crippen molar-refractivity contribution in [2.24, 2.45) is 0 Å². The minimum Gasteiger partial charge on any atom is -0.497 e. The minimum atomic E-state index is -0.00730. The third-order valence-corrected chi connectivity index (χ3v) is 6.82. The summed E-state index contributed by atoms with van der Waals surface area (Å²) < 4.78 is 5.37. The summed E-state index contributed by atoms with van der Waals surface area (Å²) in [4.78, 5) is 35.3. The molecule has 0 atom stereocenters. The van der Waals surface area contributed by atoms with Gasteiger partial charge in [-0.1, -0.05) is 18.2 Å². The summed E-state index contributed by atoms with van der Waals surface area (Å²) in [6, 6.07) is 13.4. The maximum absolute atomic E-state index is 13.6. The second-order valence-electron chi connectivity index (χ2n) is 8.96. The number of aliphatic hydroxyl groups is 1. The number of carbonyl (C=O) groups excluding carboxylic acids is 2. The molecule has 0 radical (unpaired) electrons. The van der Waals surface area contributed by atoms with Crippen molar-refractivity contribution in [1.29, 1.82) is 0 Å². The lowest BCUT2D eigenvalue weighted by Crippen LogP contribution is -2.51. The fourth-order valence-corrected chi connectivity index (χ4v) is 4.97. The van der Waals surface area contributed by atoms with Crippen LogP contribution in [0, 0.1) is 0 Å². The Hall–Kier alpha value is -3.53. The van der Waals surface area contributed by atoms with Gasteiger partial charge < -0.3 is 30.3 Å². The van der Waals surface area contributed by atoms with E-state index in [9.17, 15) is 9.59 Å². The molecule has 1 aliphatic heterocycles. The number of fused-ring (bicyclic) bond motifs is 5. The molecule has 0 spiro atoms. The first-order valence-electron chi connectivity index (χ1n) is 12.3. The van der Waals surface area contributed by atoms with Crippen molar-refractivity contribution in [2.75, 3.05) is 71.0 Å². The van der Waals surface area contributed by atoms with Gasteiger partial charge >= 0.3 is 0 Å². The van der Waals surface area contributed by atoms with Gasteiger partial charge in [0.15, 0.2) is 5.78 Å². The number of carbonyl (C=O) groups is 2. The summed E-state index contributed by atoms with van der Waals surface area (Å²) in [6.07, 6.45) is 0. The molecule has 188 valence electrons. The third kappa shape index (κ3) is 4.53. The molecule has 0 bridgehead atoms. The normalized spacial score (nSPS) is 14.8. The molecule has 3 N–H and O–H groups in total. The first kappa shape index (κ1) is 24.2. The molecule has 2 heterocycles. The lowest BCUT2D eigenvalue weighted by atomic mass is 10.0. The molecule has 1 saturated heterocycles. The summed E-state index contributed by atoms with van der Waals surface area (Å²) in [5, 5.41) is 15.9. The van der Waals surface area contributed by atoms with Crippen LogP contribution in [0.25, 0.3) is 22.0 Å². The largest absolute Gasteiger partial charge is 0.497 e. The lowest BCUT2D eigenvalue weighted by molar-refractivity contribution is -0.130. The predicted molar refractivity (Wildman–Crippen MR) is 139 cm³/mol. The quantitative estimate of drug-likeness (QED) is 0.302. The molecule has 1 fully saturated rings. The highest BCUT2D eigenvalue weighted by Crippen LogP contribution is 2.46. The van der Waals surface area contributed by atoms with E-state index in [1.165, 1.54) is 0 Å². The number of nitrogens with zero attached hydrogens (tertiary/aromatic N) is 3. The van der Waals surface area contributed by atoms with E-state index in [-0.39, 0.29) is 24.8 Å². The summed E-state index contributed by atoms with van der Waals surface area (Å²) in [5.41, 5.74) is 3.86. The van der Waals surface area contributed by atoms with Crippen molar-refractivity contribution < 1.29 is 19.4 Å². The van der Waals surface area contributed by atoms with Crippen LogP contribution in [0.15, 0.2) is 42.5 Å². The van der Waals surface area contributed by atoms with E-state index in [0.29, 0.717) is 62.7 Å². The van der Waals surface area contributed by atoms with Crippen LogP contribution in [0.5, 0.6) is 5.75 Å². The summed E-state index contributed by atoms with van der Waals surface area (Å²) >= 11 is 0. The molecular weight excluding hydrogens is 458 g/mol. The van der Waals surface area contributed by atoms with Crippen molar-refractivity contribution in [2.45, 2.75) is 0 Å². The molecule has 36 heavy (non-hydrogen) atoms. The van der Waals surface area contributed by atoms with Crippen LogP contribution in [0.1, 0.15) is 15.9 Å². The van der Waals surface area contributed by atoms with Crippen molar-refractivity contribution in [1.82, 2.24) is 20.5 Å². The van der Waals surface area contributed by atoms with Crippen LogP contribution in [-0.2, 0) is 4.79 Å². The zero-order valence-electron chi connectivity index (χ0n) is 20.4. The van der Waals surface area contributed by atoms with E-state index in [2.05, 4.69) is 15.5 Å². The highest BCUT2D eigenvalue weighted by Gasteiger charge is 2.35. The Kier molecular flexibility index (Phi) is 7.13. The molecule has 2 aliphatic rings. The molecule has 3 aromatic rings. The molecule has 9 heteroatoms. The number of aliphatic hydroxyl groups excluding tert-OH is 1. The minimum absolute atomic E-state index is 0.00730. The molecule has 1 amide bonds. The van der Waals surface area contributed by atoms with Crippen LogP contribution >= 0.6 is 0 Å². The molecule has 9 nitrogen and oxygen atoms in total. The van der Waals surface area contributed by atoms with Crippen molar-refractivity contribution in [3.8, 4) is 16.9 Å². The number of benzene rings is 2. The summed E-state index contributed by atoms with van der Waals surface area (Å²) in [7, 11) is 1.60. The van der Waals surface area contributed by atoms with Gasteiger partial charge in [0, 0.05) is 67.9 Å². The number of piperazine rings is 1. The van der Waals surface area contributed by atoms with E-state index in [1.807, 2.05) is 41.3 Å². The Morgan fingerprint density at radius 2 is 1.78 bits per heavy atom. The van der Waals surface area contributed by atoms with Crippen LogP contribution < -0.4 is 20.3 Å². The predicted octanol–water partition coefficient (Wildman–Crippen LogP) is 1.27. The van der Waals surface area contributed by atoms with Crippen molar-refractivity contribution >= 4 is 28.4 Å². The maximum atomic E-state index is 13.6. The number of ketones is 1. The van der Waals surface area contributed by atoms with Crippen molar-refractivity contribution in [3.63, 3.8) is 0 Å². The molecule has 5 rings (SSSR count). The number of methoxy groups -OCH3 is 1. The number of para-hydroxylation sites is 1. The third-order valence-electron chi connectivity index (χ3n) is 6.82. The Morgan fingerprint density at radius 1 is 1.00 bits per heavy atom. The van der Waals surface area contributed by atoms with Crippen LogP contribution in [0.2, 0.25) is 0 Å². The van der Waals surface area contributed by atoms with Gasteiger partial charge in [-0.3, -0.25) is 9.59 Å². The molecule has 0 saturated carbocycles. The number of hydrogen-bond acceptors (Lipinski definition) is 8. The standard InChI is InChI=1S/C27H31N5O4/c1-36-18-6-7-19-21(16-18)26(35)24-20-4-2-3-5-22(20)30-27(25(19)24)32-13-11-31(12-14-32)23(34)17-29-9-8-28-10-15-33/h2-7,16,28-29,33H,8-15,17H2,1H3. The summed E-state index contributed by atoms with van der Waals surface area (Å²) in [5.74, 6) is 1.51. The van der Waals surface area contributed by atoms with E-state index in [1.54, 1.807) is 13.2 Å². The van der Waals surface area contributed by atoms with E-state index >= 15 is 0 Å². The molecular formula is C27H31N5O4. The number of hydrogen-bond donors (Lipinski definition) is 3. The topological polar surface area (TPSA) is 107 Å². The number of rotatable bonds is 9. The van der Waals surface area contributed by atoms with Crippen LogP contribution in [0.3, 0.4) is 0 Å². The zero-order chi connectivity index (χ0) is 25.1. The highest BCUT2D eigenvalue weighted by molar-refractivity contribution is 6.28. The number of aromatic nitrogens is 1. The van der Waals surface area contributed by atoms with Gasteiger partial charge in [-0.2, -0.15) is 0 Å². The first-order valence-corrected chi connectivity index (χ1v) is 12.3. The van der Waals surface area contributed by atoms with Crippen LogP contribution in [0.4, 0.5) is 5.82 Å². The molecule has 0 unspecified atom stereocenters. The second-order valence-corrected chi connectivity index (χ2v) is 8.96. The van der Waals surface area contributed by atoms with Gasteiger partial charge in [-0.15, -0.1) is 0 Å². The molecule has 1 aromatic heterocycles. The van der Waals surface area contributed by atoms with Crippen LogP contribution in [-0.4, -0.2) is 92.8 Å². The number of nitrogens with one attached hydrogen (secondary N) is 2. The Morgan fingerprint density at radius 3 is 2.56 bits per heavy atom. The summed E-state index contributed by atoms with van der Waals surface area (Å²) in [6.45, 7) is 4.77. The number of pyridine rings is 1. The van der Waals surface area contributed by atoms with Gasteiger partial charge in [0.25, 0.3) is 0 Å². The second kappa shape index (κ2) is 10.6. The average molecular weight is 490 g/mol. The lowest BCUT2D eigenvalue weighted by Gasteiger charge is -2.36. The van der Waals surface area contributed by atoms with Gasteiger partial charge in [-0.05, 0) is 29.8 Å². The maximum Gasteiger partial charge on any atom is 0.236 e. The molecule has 2 aromatic carbocycles. The van der Waals surface area contributed by atoms with Gasteiger partial charge in [-0.25, -0.2) is 4.98 Å². The number of amides is 1. The Labute approximate surface area is 210 Å². The van der Waals surface area contributed by atoms with Gasteiger partial charge in [0.1, 0.15) is 11.6 Å². The number of anilines is 1. The fourth-order valence-electron chi connectivity index (χ4n) is 4.97. The average Bonchev–Trinajstić information content (AvgIpc) is 3.22. The number of ether oxygens (including phenoxy) is 1. The monoisotopic (exact) mass is 489 g/mol. The fraction of sp³-hybridized carbons (Fsp3) is 0.370.